The molecule has 1 aromatic carbocycles. The molecule has 0 bridgehead atoms. The summed E-state index contributed by atoms with van der Waals surface area (Å²) in [6.45, 7) is 4.54. The third kappa shape index (κ3) is 3.38. The molecule has 2 aromatic rings. The number of carbonyl (C=O) groups is 1. The van der Waals surface area contributed by atoms with Gasteiger partial charge in [0.25, 0.3) is 0 Å². The second-order valence-corrected chi connectivity index (χ2v) is 3.54. The number of rotatable bonds is 2. The fourth-order valence-electron chi connectivity index (χ4n) is 1.43. The Bertz CT molecular complexity index is 458. The fraction of sp³-hybridized carbons (Fsp3) is 0.333. The second-order valence-electron chi connectivity index (χ2n) is 3.54. The van der Waals surface area contributed by atoms with E-state index in [1.54, 1.807) is 0 Å². The van der Waals surface area contributed by atoms with Gasteiger partial charge in [-0.2, -0.15) is 0 Å². The summed E-state index contributed by atoms with van der Waals surface area (Å²) >= 11 is 0. The van der Waals surface area contributed by atoms with Crippen molar-refractivity contribution in [1.29, 1.82) is 0 Å². The predicted molar refractivity (Wildman–Crippen MR) is 64.9 cm³/mol. The first-order valence-corrected chi connectivity index (χ1v) is 5.31. The van der Waals surface area contributed by atoms with Crippen molar-refractivity contribution in [1.82, 2.24) is 9.55 Å². The summed E-state index contributed by atoms with van der Waals surface area (Å²) in [6, 6.07) is 8.22. The molecular weight excluding hydrogens is 202 g/mol. The SMILES string of the molecule is CC(N)=O.CCCn1cnc2ccccc21. The lowest BCUT2D eigenvalue weighted by molar-refractivity contribution is -0.115. The molecule has 0 aliphatic heterocycles. The van der Waals surface area contributed by atoms with Crippen molar-refractivity contribution in [2.75, 3.05) is 0 Å². The molecule has 0 radical (unpaired) electrons. The molecule has 0 saturated heterocycles. The Morgan fingerprint density at radius 1 is 1.44 bits per heavy atom. The number of nitrogens with zero attached hydrogens (tertiary/aromatic N) is 2. The number of hydrogen-bond acceptors (Lipinski definition) is 2. The molecule has 0 fully saturated rings. The lowest BCUT2D eigenvalue weighted by Gasteiger charge is -1.99. The van der Waals surface area contributed by atoms with Crippen LogP contribution in [0.2, 0.25) is 0 Å². The van der Waals surface area contributed by atoms with Crippen LogP contribution in [0.1, 0.15) is 20.3 Å². The molecule has 86 valence electrons. The van der Waals surface area contributed by atoms with Gasteiger partial charge in [0.05, 0.1) is 17.4 Å². The number of para-hydroxylation sites is 2. The number of imidazole rings is 1. The number of carbonyl (C=O) groups excluding carboxylic acids is 1. The normalized spacial score (nSPS) is 9.62. The zero-order chi connectivity index (χ0) is 12.0. The maximum atomic E-state index is 9.22. The third-order valence-electron chi connectivity index (χ3n) is 1.99. The van der Waals surface area contributed by atoms with Gasteiger partial charge in [-0.15, -0.1) is 0 Å². The first-order chi connectivity index (χ1) is 7.65. The summed E-state index contributed by atoms with van der Waals surface area (Å²) in [7, 11) is 0. The van der Waals surface area contributed by atoms with Crippen LogP contribution in [0.25, 0.3) is 11.0 Å². The van der Waals surface area contributed by atoms with Gasteiger partial charge in [-0.25, -0.2) is 4.98 Å². The van der Waals surface area contributed by atoms with Gasteiger partial charge in [0.1, 0.15) is 0 Å². The number of benzene rings is 1. The van der Waals surface area contributed by atoms with Gasteiger partial charge in [-0.05, 0) is 18.6 Å². The van der Waals surface area contributed by atoms with E-state index in [1.807, 2.05) is 18.5 Å². The molecule has 1 aromatic heterocycles. The van der Waals surface area contributed by atoms with Crippen LogP contribution in [-0.2, 0) is 11.3 Å². The Morgan fingerprint density at radius 2 is 2.06 bits per heavy atom. The number of nitrogens with two attached hydrogens (primary N) is 1. The van der Waals surface area contributed by atoms with E-state index in [-0.39, 0.29) is 5.91 Å². The highest BCUT2D eigenvalue weighted by Gasteiger charge is 1.98. The van der Waals surface area contributed by atoms with Gasteiger partial charge in [0.15, 0.2) is 0 Å². The van der Waals surface area contributed by atoms with Gasteiger partial charge in [-0.3, -0.25) is 4.79 Å². The highest BCUT2D eigenvalue weighted by Crippen LogP contribution is 2.11. The summed E-state index contributed by atoms with van der Waals surface area (Å²) in [6.07, 6.45) is 3.06. The van der Waals surface area contributed by atoms with Crippen molar-refractivity contribution >= 4 is 16.9 Å². The third-order valence-corrected chi connectivity index (χ3v) is 1.99. The highest BCUT2D eigenvalue weighted by molar-refractivity contribution is 5.74. The predicted octanol–water partition coefficient (Wildman–Crippen LogP) is 1.94. The van der Waals surface area contributed by atoms with Gasteiger partial charge in [0, 0.05) is 13.5 Å². The van der Waals surface area contributed by atoms with Crippen LogP contribution in [0.15, 0.2) is 30.6 Å². The van der Waals surface area contributed by atoms with Crippen LogP contribution in [0, 0.1) is 0 Å². The van der Waals surface area contributed by atoms with Crippen LogP contribution in [0.4, 0.5) is 0 Å². The quantitative estimate of drug-likeness (QED) is 0.839. The number of fused-ring (bicyclic) bond motifs is 1. The Morgan fingerprint density at radius 3 is 2.69 bits per heavy atom. The van der Waals surface area contributed by atoms with Crippen molar-refractivity contribution in [2.45, 2.75) is 26.8 Å². The van der Waals surface area contributed by atoms with Crippen LogP contribution in [0.5, 0.6) is 0 Å². The molecule has 0 aliphatic rings. The van der Waals surface area contributed by atoms with E-state index < -0.39 is 0 Å². The fourth-order valence-corrected chi connectivity index (χ4v) is 1.43. The minimum atomic E-state index is -0.333. The zero-order valence-electron chi connectivity index (χ0n) is 9.68. The smallest absolute Gasteiger partial charge is 0.214 e. The van der Waals surface area contributed by atoms with Gasteiger partial charge in [-0.1, -0.05) is 19.1 Å². The number of aromatic nitrogens is 2. The largest absolute Gasteiger partial charge is 0.370 e. The maximum Gasteiger partial charge on any atom is 0.214 e. The molecule has 0 aliphatic carbocycles. The average Bonchev–Trinajstić information content (AvgIpc) is 2.62. The molecule has 4 nitrogen and oxygen atoms in total. The van der Waals surface area contributed by atoms with Crippen molar-refractivity contribution in [3.8, 4) is 0 Å². The molecule has 4 heteroatoms. The number of aryl methyl sites for hydroxylation is 1. The van der Waals surface area contributed by atoms with Crippen molar-refractivity contribution in [3.63, 3.8) is 0 Å². The zero-order valence-corrected chi connectivity index (χ0v) is 9.68. The van der Waals surface area contributed by atoms with E-state index in [9.17, 15) is 4.79 Å². The first kappa shape index (κ1) is 12.2. The Labute approximate surface area is 95.1 Å². The number of hydrogen-bond donors (Lipinski definition) is 1. The molecule has 1 amide bonds. The molecule has 0 spiro atoms. The summed E-state index contributed by atoms with van der Waals surface area (Å²) in [5.74, 6) is -0.333. The van der Waals surface area contributed by atoms with Crippen molar-refractivity contribution < 1.29 is 4.79 Å². The molecule has 0 unspecified atom stereocenters. The van der Waals surface area contributed by atoms with Crippen molar-refractivity contribution in [2.24, 2.45) is 5.73 Å². The van der Waals surface area contributed by atoms with Crippen LogP contribution in [-0.4, -0.2) is 15.5 Å². The molecule has 1 heterocycles. The molecule has 16 heavy (non-hydrogen) atoms. The molecule has 2 rings (SSSR count). The topological polar surface area (TPSA) is 60.9 Å². The average molecular weight is 219 g/mol. The summed E-state index contributed by atoms with van der Waals surface area (Å²) in [4.78, 5) is 13.5. The van der Waals surface area contributed by atoms with Gasteiger partial charge >= 0.3 is 0 Å². The van der Waals surface area contributed by atoms with Crippen LogP contribution in [0.3, 0.4) is 0 Å². The van der Waals surface area contributed by atoms with Crippen molar-refractivity contribution in [3.05, 3.63) is 30.6 Å². The monoisotopic (exact) mass is 219 g/mol. The van der Waals surface area contributed by atoms with E-state index in [0.717, 1.165) is 18.5 Å². The summed E-state index contributed by atoms with van der Waals surface area (Å²) in [5, 5.41) is 0. The first-order valence-electron chi connectivity index (χ1n) is 5.31. The van der Waals surface area contributed by atoms with E-state index in [1.165, 1.54) is 12.4 Å². The Balaban J connectivity index is 0.000000280. The highest BCUT2D eigenvalue weighted by atomic mass is 16.1. The van der Waals surface area contributed by atoms with E-state index in [4.69, 9.17) is 0 Å². The summed E-state index contributed by atoms with van der Waals surface area (Å²) in [5.41, 5.74) is 6.80. The van der Waals surface area contributed by atoms with E-state index in [2.05, 4.69) is 34.3 Å². The molecular formula is C12H17N3O. The summed E-state index contributed by atoms with van der Waals surface area (Å²) < 4.78 is 2.19. The Hall–Kier alpha value is -1.84. The minimum absolute atomic E-state index is 0.333. The lowest BCUT2D eigenvalue weighted by atomic mass is 10.3. The molecule has 0 atom stereocenters. The van der Waals surface area contributed by atoms with E-state index in [0.29, 0.717) is 0 Å². The van der Waals surface area contributed by atoms with Crippen LogP contribution < -0.4 is 5.73 Å². The number of amides is 1. The van der Waals surface area contributed by atoms with Gasteiger partial charge in [0.2, 0.25) is 5.91 Å². The maximum absolute atomic E-state index is 9.22. The molecule has 0 saturated carbocycles. The van der Waals surface area contributed by atoms with Crippen LogP contribution >= 0.6 is 0 Å². The standard InChI is InChI=1S/C10H12N2.C2H5NO/c1-2-7-12-8-11-9-5-3-4-6-10(9)12;1-2(3)4/h3-6,8H,2,7H2,1H3;1H3,(H2,3,4). The van der Waals surface area contributed by atoms with Gasteiger partial charge < -0.3 is 10.3 Å². The van der Waals surface area contributed by atoms with E-state index >= 15 is 0 Å². The molecule has 2 N–H and O–H groups in total. The second kappa shape index (κ2) is 5.90. The minimum Gasteiger partial charge on any atom is -0.370 e. The Kier molecular flexibility index (Phi) is 4.51. The number of primary amides is 1. The lowest BCUT2D eigenvalue weighted by Crippen LogP contribution is -2.01.